The lowest BCUT2D eigenvalue weighted by molar-refractivity contribution is -0.114. The van der Waals surface area contributed by atoms with Crippen LogP contribution in [0.4, 0.5) is 5.69 Å². The molecule has 0 radical (unpaired) electrons. The highest BCUT2D eigenvalue weighted by Gasteiger charge is 2.13. The third-order valence-electron chi connectivity index (χ3n) is 3.45. The average molecular weight is 296 g/mol. The van der Waals surface area contributed by atoms with Crippen molar-refractivity contribution in [3.05, 3.63) is 65.2 Å². The molecule has 0 spiro atoms. The van der Waals surface area contributed by atoms with E-state index in [4.69, 9.17) is 0 Å². The lowest BCUT2D eigenvalue weighted by Gasteiger charge is -2.17. The normalized spacial score (nSPS) is 11.6. The number of carbonyl (C=O) groups is 2. The van der Waals surface area contributed by atoms with Crippen LogP contribution >= 0.6 is 0 Å². The summed E-state index contributed by atoms with van der Waals surface area (Å²) in [6.45, 7) is 5.42. The Hall–Kier alpha value is -2.62. The Morgan fingerprint density at radius 1 is 1.05 bits per heavy atom. The quantitative estimate of drug-likeness (QED) is 0.908. The van der Waals surface area contributed by atoms with Crippen LogP contribution in [0.2, 0.25) is 0 Å². The first-order valence-electron chi connectivity index (χ1n) is 7.21. The molecule has 1 atom stereocenters. The molecule has 2 rings (SSSR count). The van der Waals surface area contributed by atoms with E-state index in [2.05, 4.69) is 10.6 Å². The van der Waals surface area contributed by atoms with Crippen molar-refractivity contribution in [3.8, 4) is 0 Å². The van der Waals surface area contributed by atoms with Gasteiger partial charge >= 0.3 is 0 Å². The third-order valence-corrected chi connectivity index (χ3v) is 3.45. The molecule has 0 aromatic heterocycles. The molecule has 0 saturated carbocycles. The molecule has 0 aliphatic rings. The molecule has 114 valence electrons. The maximum atomic E-state index is 12.4. The fraction of sp³-hybridized carbons (Fsp3) is 0.222. The van der Waals surface area contributed by atoms with Crippen molar-refractivity contribution in [3.63, 3.8) is 0 Å². The average Bonchev–Trinajstić information content (AvgIpc) is 2.47. The number of aryl methyl sites for hydroxylation is 1. The summed E-state index contributed by atoms with van der Waals surface area (Å²) in [5.74, 6) is -0.325. The first-order valence-corrected chi connectivity index (χ1v) is 7.21. The second-order valence-electron chi connectivity index (χ2n) is 5.31. The molecule has 0 aliphatic heterocycles. The van der Waals surface area contributed by atoms with Crippen LogP contribution in [-0.4, -0.2) is 11.8 Å². The minimum Gasteiger partial charge on any atom is -0.346 e. The number of benzene rings is 2. The van der Waals surface area contributed by atoms with E-state index in [9.17, 15) is 9.59 Å². The van der Waals surface area contributed by atoms with Gasteiger partial charge in [0, 0.05) is 18.2 Å². The zero-order chi connectivity index (χ0) is 16.1. The molecule has 0 heterocycles. The van der Waals surface area contributed by atoms with E-state index < -0.39 is 0 Å². The molecule has 2 N–H and O–H groups in total. The van der Waals surface area contributed by atoms with Gasteiger partial charge in [-0.25, -0.2) is 0 Å². The van der Waals surface area contributed by atoms with Gasteiger partial charge in [-0.1, -0.05) is 30.3 Å². The van der Waals surface area contributed by atoms with Gasteiger partial charge in [0.1, 0.15) is 0 Å². The minimum atomic E-state index is -0.164. The van der Waals surface area contributed by atoms with Crippen LogP contribution in [-0.2, 0) is 4.79 Å². The Morgan fingerprint density at radius 2 is 1.77 bits per heavy atom. The van der Waals surface area contributed by atoms with Crippen molar-refractivity contribution in [1.82, 2.24) is 5.32 Å². The van der Waals surface area contributed by atoms with Crippen molar-refractivity contribution in [2.45, 2.75) is 26.8 Å². The number of hydrogen-bond donors (Lipinski definition) is 2. The summed E-state index contributed by atoms with van der Waals surface area (Å²) in [4.78, 5) is 23.4. The van der Waals surface area contributed by atoms with Gasteiger partial charge in [0.2, 0.25) is 5.91 Å². The van der Waals surface area contributed by atoms with Crippen molar-refractivity contribution < 1.29 is 9.59 Å². The van der Waals surface area contributed by atoms with E-state index in [1.165, 1.54) is 6.92 Å². The maximum Gasteiger partial charge on any atom is 0.251 e. The second kappa shape index (κ2) is 6.89. The third kappa shape index (κ3) is 3.95. The van der Waals surface area contributed by atoms with Crippen LogP contribution < -0.4 is 10.6 Å². The molecule has 0 fully saturated rings. The Balaban J connectivity index is 2.12. The molecule has 0 unspecified atom stereocenters. The van der Waals surface area contributed by atoms with Gasteiger partial charge < -0.3 is 10.6 Å². The largest absolute Gasteiger partial charge is 0.346 e. The van der Waals surface area contributed by atoms with Crippen molar-refractivity contribution in [1.29, 1.82) is 0 Å². The Morgan fingerprint density at radius 3 is 2.45 bits per heavy atom. The minimum absolute atomic E-state index is 0.0851. The first kappa shape index (κ1) is 15.8. The van der Waals surface area contributed by atoms with Gasteiger partial charge in [-0.05, 0) is 43.2 Å². The predicted molar refractivity (Wildman–Crippen MR) is 87.8 cm³/mol. The monoisotopic (exact) mass is 296 g/mol. The zero-order valence-electron chi connectivity index (χ0n) is 13.0. The second-order valence-corrected chi connectivity index (χ2v) is 5.31. The van der Waals surface area contributed by atoms with Crippen molar-refractivity contribution in [2.75, 3.05) is 5.32 Å². The van der Waals surface area contributed by atoms with E-state index in [-0.39, 0.29) is 17.9 Å². The van der Waals surface area contributed by atoms with Crippen LogP contribution in [0.15, 0.2) is 48.5 Å². The summed E-state index contributed by atoms with van der Waals surface area (Å²) in [6.07, 6.45) is 0. The highest BCUT2D eigenvalue weighted by molar-refractivity contribution is 5.97. The molecule has 0 aliphatic carbocycles. The molecule has 0 saturated heterocycles. The Kier molecular flexibility index (Phi) is 4.94. The molecular formula is C18H20N2O2. The fourth-order valence-corrected chi connectivity index (χ4v) is 2.37. The van der Waals surface area contributed by atoms with Gasteiger partial charge in [-0.3, -0.25) is 9.59 Å². The van der Waals surface area contributed by atoms with E-state index >= 15 is 0 Å². The highest BCUT2D eigenvalue weighted by Crippen LogP contribution is 2.18. The fourth-order valence-electron chi connectivity index (χ4n) is 2.37. The molecule has 2 aromatic rings. The molecule has 0 bridgehead atoms. The van der Waals surface area contributed by atoms with E-state index in [0.717, 1.165) is 11.1 Å². The number of carbonyl (C=O) groups excluding carboxylic acids is 2. The van der Waals surface area contributed by atoms with Gasteiger partial charge in [-0.2, -0.15) is 0 Å². The molecule has 2 aromatic carbocycles. The van der Waals surface area contributed by atoms with Crippen LogP contribution in [0, 0.1) is 6.92 Å². The van der Waals surface area contributed by atoms with Gasteiger partial charge in [0.25, 0.3) is 5.91 Å². The lowest BCUT2D eigenvalue weighted by Crippen LogP contribution is -2.27. The SMILES string of the molecule is CC(=O)Nc1cccc(C(=O)N[C@H](C)c2ccccc2C)c1. The maximum absolute atomic E-state index is 12.4. The number of nitrogens with one attached hydrogen (secondary N) is 2. The van der Waals surface area contributed by atoms with Crippen LogP contribution in [0.5, 0.6) is 0 Å². The number of amides is 2. The molecule has 2 amide bonds. The summed E-state index contributed by atoms with van der Waals surface area (Å²) in [5, 5.41) is 5.66. The summed E-state index contributed by atoms with van der Waals surface area (Å²) in [6, 6.07) is 14.8. The Labute approximate surface area is 130 Å². The topological polar surface area (TPSA) is 58.2 Å². The lowest BCUT2D eigenvalue weighted by atomic mass is 10.0. The van der Waals surface area contributed by atoms with Crippen molar-refractivity contribution in [2.24, 2.45) is 0 Å². The number of anilines is 1. The molecule has 4 heteroatoms. The highest BCUT2D eigenvalue weighted by atomic mass is 16.2. The van der Waals surface area contributed by atoms with Gasteiger partial charge in [-0.15, -0.1) is 0 Å². The van der Waals surface area contributed by atoms with Crippen molar-refractivity contribution >= 4 is 17.5 Å². The summed E-state index contributed by atoms with van der Waals surface area (Å²) in [5.41, 5.74) is 3.37. The summed E-state index contributed by atoms with van der Waals surface area (Å²) >= 11 is 0. The first-order chi connectivity index (χ1) is 10.5. The Bertz CT molecular complexity index is 695. The van der Waals surface area contributed by atoms with E-state index in [0.29, 0.717) is 11.3 Å². The number of hydrogen-bond acceptors (Lipinski definition) is 2. The molecular weight excluding hydrogens is 276 g/mol. The van der Waals surface area contributed by atoms with Crippen LogP contribution in [0.3, 0.4) is 0 Å². The predicted octanol–water partition coefficient (Wildman–Crippen LogP) is 3.44. The van der Waals surface area contributed by atoms with Gasteiger partial charge in [0.05, 0.1) is 6.04 Å². The van der Waals surface area contributed by atoms with Crippen LogP contribution in [0.1, 0.15) is 41.4 Å². The number of rotatable bonds is 4. The zero-order valence-corrected chi connectivity index (χ0v) is 13.0. The smallest absolute Gasteiger partial charge is 0.251 e. The molecule has 22 heavy (non-hydrogen) atoms. The van der Waals surface area contributed by atoms with E-state index in [1.54, 1.807) is 24.3 Å². The van der Waals surface area contributed by atoms with E-state index in [1.807, 2.05) is 38.1 Å². The molecule has 4 nitrogen and oxygen atoms in total. The summed E-state index contributed by atoms with van der Waals surface area (Å²) in [7, 11) is 0. The summed E-state index contributed by atoms with van der Waals surface area (Å²) < 4.78 is 0. The standard InChI is InChI=1S/C18H20N2O2/c1-12-7-4-5-10-17(12)13(2)19-18(22)15-8-6-9-16(11-15)20-14(3)21/h4-11,13H,1-3H3,(H,19,22)(H,20,21)/t13-/m1/s1. The van der Waals surface area contributed by atoms with Crippen LogP contribution in [0.25, 0.3) is 0 Å². The van der Waals surface area contributed by atoms with Gasteiger partial charge in [0.15, 0.2) is 0 Å².